The summed E-state index contributed by atoms with van der Waals surface area (Å²) in [5, 5.41) is 18.1. The van der Waals surface area contributed by atoms with Gasteiger partial charge in [-0.1, -0.05) is 0 Å². The first-order chi connectivity index (χ1) is 8.99. The Morgan fingerprint density at radius 3 is 2.53 bits per heavy atom. The first-order valence-corrected chi connectivity index (χ1v) is 5.64. The number of amides is 1. The fourth-order valence-electron chi connectivity index (χ4n) is 1.76. The number of benzene rings is 1. The van der Waals surface area contributed by atoms with E-state index in [1.807, 2.05) is 0 Å². The molecule has 98 valence electrons. The maximum atomic E-state index is 11.9. The van der Waals surface area contributed by atoms with Crippen LogP contribution >= 0.6 is 0 Å². The number of carbonyl (C=O) groups excluding carboxylic acids is 1. The summed E-state index contributed by atoms with van der Waals surface area (Å²) in [5.41, 5.74) is 2.50. The van der Waals surface area contributed by atoms with Crippen molar-refractivity contribution in [2.24, 2.45) is 0 Å². The smallest absolute Gasteiger partial charge is 0.335 e. The first kappa shape index (κ1) is 12.8. The van der Waals surface area contributed by atoms with Crippen molar-refractivity contribution in [3.8, 4) is 0 Å². The minimum Gasteiger partial charge on any atom is -0.478 e. The van der Waals surface area contributed by atoms with Gasteiger partial charge >= 0.3 is 5.97 Å². The lowest BCUT2D eigenvalue weighted by Gasteiger charge is -2.07. The van der Waals surface area contributed by atoms with Crippen LogP contribution in [0.4, 0.5) is 5.69 Å². The van der Waals surface area contributed by atoms with Crippen molar-refractivity contribution < 1.29 is 14.7 Å². The summed E-state index contributed by atoms with van der Waals surface area (Å²) in [6, 6.07) is 4.65. The summed E-state index contributed by atoms with van der Waals surface area (Å²) in [5.74, 6) is -1.27. The molecule has 0 radical (unpaired) electrons. The van der Waals surface area contributed by atoms with Gasteiger partial charge in [0.05, 0.1) is 17.3 Å². The van der Waals surface area contributed by atoms with E-state index in [0.29, 0.717) is 22.5 Å². The van der Waals surface area contributed by atoms with Crippen LogP contribution in [0.3, 0.4) is 0 Å². The molecule has 0 aliphatic rings. The molecule has 0 atom stereocenters. The highest BCUT2D eigenvalue weighted by Gasteiger charge is 2.12. The normalized spacial score (nSPS) is 10.2. The van der Waals surface area contributed by atoms with Crippen LogP contribution in [0.5, 0.6) is 0 Å². The number of hydrogen-bond donors (Lipinski definition) is 3. The molecule has 1 amide bonds. The number of hydrogen-bond acceptors (Lipinski definition) is 3. The topological polar surface area (TPSA) is 95.1 Å². The number of aromatic nitrogens is 2. The SMILES string of the molecule is Cc1cc(NC(=O)c2cn[nH]c2C)ccc1C(=O)O. The molecule has 0 spiro atoms. The van der Waals surface area contributed by atoms with E-state index in [0.717, 1.165) is 0 Å². The molecule has 6 nitrogen and oxygen atoms in total. The van der Waals surface area contributed by atoms with Crippen LogP contribution in [0.1, 0.15) is 32.0 Å². The lowest BCUT2D eigenvalue weighted by atomic mass is 10.1. The predicted molar refractivity (Wildman–Crippen MR) is 69.4 cm³/mol. The molecule has 19 heavy (non-hydrogen) atoms. The number of nitrogens with zero attached hydrogens (tertiary/aromatic N) is 1. The summed E-state index contributed by atoms with van der Waals surface area (Å²) >= 11 is 0. The van der Waals surface area contributed by atoms with Crippen molar-refractivity contribution in [2.75, 3.05) is 5.32 Å². The first-order valence-electron chi connectivity index (χ1n) is 5.64. The number of carbonyl (C=O) groups is 2. The number of aromatic carboxylic acids is 1. The lowest BCUT2D eigenvalue weighted by molar-refractivity contribution is 0.0696. The van der Waals surface area contributed by atoms with Crippen molar-refractivity contribution in [3.05, 3.63) is 46.8 Å². The average Bonchev–Trinajstić information content (AvgIpc) is 2.75. The van der Waals surface area contributed by atoms with Crippen LogP contribution in [0.2, 0.25) is 0 Å². The second-order valence-electron chi connectivity index (χ2n) is 4.20. The van der Waals surface area contributed by atoms with Crippen LogP contribution in [0, 0.1) is 13.8 Å². The molecule has 6 heteroatoms. The molecule has 0 aliphatic heterocycles. The van der Waals surface area contributed by atoms with E-state index in [-0.39, 0.29) is 11.5 Å². The molecule has 0 aliphatic carbocycles. The van der Waals surface area contributed by atoms with Gasteiger partial charge in [0.25, 0.3) is 5.91 Å². The molecule has 1 aromatic carbocycles. The predicted octanol–water partition coefficient (Wildman–Crippen LogP) is 1.98. The summed E-state index contributed by atoms with van der Waals surface area (Å²) < 4.78 is 0. The van der Waals surface area contributed by atoms with Gasteiger partial charge in [0.15, 0.2) is 0 Å². The van der Waals surface area contributed by atoms with E-state index in [9.17, 15) is 9.59 Å². The minimum absolute atomic E-state index is 0.220. The largest absolute Gasteiger partial charge is 0.478 e. The molecule has 2 rings (SSSR count). The zero-order valence-corrected chi connectivity index (χ0v) is 10.5. The maximum absolute atomic E-state index is 11.9. The minimum atomic E-state index is -0.985. The van der Waals surface area contributed by atoms with E-state index in [4.69, 9.17) is 5.11 Å². The number of H-pyrrole nitrogens is 1. The van der Waals surface area contributed by atoms with E-state index in [2.05, 4.69) is 15.5 Å². The Bertz CT molecular complexity index is 646. The van der Waals surface area contributed by atoms with Crippen molar-refractivity contribution >= 4 is 17.6 Å². The molecule has 2 aromatic rings. The Labute approximate surface area is 109 Å². The van der Waals surface area contributed by atoms with Crippen LogP contribution in [0.15, 0.2) is 24.4 Å². The molecule has 0 saturated heterocycles. The van der Waals surface area contributed by atoms with Crippen LogP contribution in [-0.4, -0.2) is 27.2 Å². The van der Waals surface area contributed by atoms with Gasteiger partial charge in [0.1, 0.15) is 0 Å². The molecule has 0 unspecified atom stereocenters. The fourth-order valence-corrected chi connectivity index (χ4v) is 1.76. The summed E-state index contributed by atoms with van der Waals surface area (Å²) in [7, 11) is 0. The number of nitrogens with one attached hydrogen (secondary N) is 2. The highest BCUT2D eigenvalue weighted by atomic mass is 16.4. The number of aryl methyl sites for hydroxylation is 2. The third-order valence-corrected chi connectivity index (χ3v) is 2.79. The van der Waals surface area contributed by atoms with Crippen LogP contribution < -0.4 is 5.32 Å². The zero-order chi connectivity index (χ0) is 14.0. The van der Waals surface area contributed by atoms with E-state index < -0.39 is 5.97 Å². The highest BCUT2D eigenvalue weighted by Crippen LogP contribution is 2.16. The van der Waals surface area contributed by atoms with Gasteiger partial charge in [-0.05, 0) is 37.6 Å². The maximum Gasteiger partial charge on any atom is 0.335 e. The van der Waals surface area contributed by atoms with Gasteiger partial charge in [-0.25, -0.2) is 4.79 Å². The van der Waals surface area contributed by atoms with Gasteiger partial charge in [-0.2, -0.15) is 5.10 Å². The number of carboxylic acids is 1. The van der Waals surface area contributed by atoms with Gasteiger partial charge in [-0.15, -0.1) is 0 Å². The van der Waals surface area contributed by atoms with Crippen LogP contribution in [-0.2, 0) is 0 Å². The van der Waals surface area contributed by atoms with Gasteiger partial charge < -0.3 is 10.4 Å². The molecule has 0 saturated carbocycles. The average molecular weight is 259 g/mol. The second-order valence-corrected chi connectivity index (χ2v) is 4.20. The van der Waals surface area contributed by atoms with Gasteiger partial charge in [0.2, 0.25) is 0 Å². The summed E-state index contributed by atoms with van der Waals surface area (Å²) in [4.78, 5) is 22.8. The quantitative estimate of drug-likeness (QED) is 0.785. The Balaban J connectivity index is 2.21. The summed E-state index contributed by atoms with van der Waals surface area (Å²) in [6.07, 6.45) is 1.45. The third kappa shape index (κ3) is 2.62. The van der Waals surface area contributed by atoms with Crippen LogP contribution in [0.25, 0.3) is 0 Å². The van der Waals surface area contributed by atoms with Crippen molar-refractivity contribution in [3.63, 3.8) is 0 Å². The molecule has 0 bridgehead atoms. The van der Waals surface area contributed by atoms with Gasteiger partial charge in [-0.3, -0.25) is 9.89 Å². The van der Waals surface area contributed by atoms with E-state index in [1.54, 1.807) is 26.0 Å². The number of rotatable bonds is 3. The fraction of sp³-hybridized carbons (Fsp3) is 0.154. The van der Waals surface area contributed by atoms with E-state index >= 15 is 0 Å². The molecule has 3 N–H and O–H groups in total. The Morgan fingerprint density at radius 2 is 2.00 bits per heavy atom. The third-order valence-electron chi connectivity index (χ3n) is 2.79. The summed E-state index contributed by atoms with van der Waals surface area (Å²) in [6.45, 7) is 3.43. The van der Waals surface area contributed by atoms with E-state index in [1.165, 1.54) is 12.3 Å². The Hall–Kier alpha value is -2.63. The molecular weight excluding hydrogens is 246 g/mol. The monoisotopic (exact) mass is 259 g/mol. The number of carboxylic acid groups (broad SMARTS) is 1. The molecule has 1 heterocycles. The molecule has 0 fully saturated rings. The van der Waals surface area contributed by atoms with Crippen molar-refractivity contribution in [1.82, 2.24) is 10.2 Å². The highest BCUT2D eigenvalue weighted by molar-refractivity contribution is 6.05. The number of anilines is 1. The zero-order valence-electron chi connectivity index (χ0n) is 10.5. The lowest BCUT2D eigenvalue weighted by Crippen LogP contribution is -2.13. The molecule has 1 aromatic heterocycles. The molecular formula is C13H13N3O3. The van der Waals surface area contributed by atoms with Crippen molar-refractivity contribution in [1.29, 1.82) is 0 Å². The van der Waals surface area contributed by atoms with Crippen molar-refractivity contribution in [2.45, 2.75) is 13.8 Å². The van der Waals surface area contributed by atoms with Gasteiger partial charge in [0, 0.05) is 11.4 Å². The second kappa shape index (κ2) is 4.93. The standard InChI is InChI=1S/C13H13N3O3/c1-7-5-9(3-4-10(7)13(18)19)15-12(17)11-6-14-16-8(11)2/h3-6H,1-2H3,(H,14,16)(H,15,17)(H,18,19). The number of aromatic amines is 1. The Kier molecular flexibility index (Phi) is 3.33. The Morgan fingerprint density at radius 1 is 1.26 bits per heavy atom.